The van der Waals surface area contributed by atoms with Crippen LogP contribution in [0.5, 0.6) is 0 Å². The summed E-state index contributed by atoms with van der Waals surface area (Å²) >= 11 is 4.81. The molecule has 0 saturated carbocycles. The quantitative estimate of drug-likeness (QED) is 0.459. The number of carbonyl (C=O) groups excluding carboxylic acids is 1. The van der Waals surface area contributed by atoms with Crippen LogP contribution in [0.15, 0.2) is 69.6 Å². The van der Waals surface area contributed by atoms with Gasteiger partial charge in [-0.2, -0.15) is 10.1 Å². The van der Waals surface area contributed by atoms with Gasteiger partial charge in [0.05, 0.1) is 11.9 Å². The Hall–Kier alpha value is -2.31. The molecule has 2 aromatic carbocycles. The summed E-state index contributed by atoms with van der Waals surface area (Å²) in [6, 6.07) is 17.5. The first kappa shape index (κ1) is 16.5. The van der Waals surface area contributed by atoms with E-state index in [4.69, 9.17) is 0 Å². The summed E-state index contributed by atoms with van der Waals surface area (Å²) in [5.41, 5.74) is 2.74. The van der Waals surface area contributed by atoms with Gasteiger partial charge in [0, 0.05) is 22.3 Å². The minimum absolute atomic E-state index is 0.182. The van der Waals surface area contributed by atoms with Crippen molar-refractivity contribution < 1.29 is 4.79 Å². The van der Waals surface area contributed by atoms with Gasteiger partial charge in [-0.3, -0.25) is 4.79 Å². The van der Waals surface area contributed by atoms with Crippen LogP contribution in [0.2, 0.25) is 0 Å². The van der Waals surface area contributed by atoms with Crippen LogP contribution in [0, 0.1) is 0 Å². The van der Waals surface area contributed by atoms with Gasteiger partial charge in [0.2, 0.25) is 11.0 Å². The second-order valence-electron chi connectivity index (χ2n) is 5.01. The Labute approximate surface area is 152 Å². The molecule has 0 radical (unpaired) electrons. The number of aromatic nitrogens is 1. The molecule has 0 fully saturated rings. The normalized spacial score (nSPS) is 10.9. The molecule has 0 aliphatic carbocycles. The molecule has 1 amide bonds. The standard InChI is InChI=1S/C18H14BrN3OS/c1-13(23)22(20-11-14-5-3-2-4-6-14)18-21-17(12-24-18)15-7-9-16(19)10-8-15/h2-12H,1H3/b20-11+. The molecule has 3 rings (SSSR count). The number of carbonyl (C=O) groups is 1. The van der Waals surface area contributed by atoms with Gasteiger partial charge in [0.15, 0.2) is 0 Å². The Morgan fingerprint density at radius 3 is 2.54 bits per heavy atom. The Morgan fingerprint density at radius 1 is 1.17 bits per heavy atom. The molecule has 0 N–H and O–H groups in total. The van der Waals surface area contributed by atoms with Crippen molar-refractivity contribution >= 4 is 44.5 Å². The lowest BCUT2D eigenvalue weighted by atomic mass is 10.2. The van der Waals surface area contributed by atoms with Crippen LogP contribution in [-0.2, 0) is 4.79 Å². The summed E-state index contributed by atoms with van der Waals surface area (Å²) in [7, 11) is 0. The highest BCUT2D eigenvalue weighted by atomic mass is 79.9. The van der Waals surface area contributed by atoms with E-state index in [1.165, 1.54) is 23.3 Å². The molecule has 0 bridgehead atoms. The molecule has 0 spiro atoms. The highest BCUT2D eigenvalue weighted by molar-refractivity contribution is 9.10. The monoisotopic (exact) mass is 399 g/mol. The van der Waals surface area contributed by atoms with Gasteiger partial charge in [-0.05, 0) is 17.7 Å². The number of halogens is 1. The van der Waals surface area contributed by atoms with Crippen molar-refractivity contribution in [3.05, 3.63) is 70.0 Å². The largest absolute Gasteiger partial charge is 0.273 e. The predicted molar refractivity (Wildman–Crippen MR) is 102 cm³/mol. The number of anilines is 1. The van der Waals surface area contributed by atoms with Gasteiger partial charge >= 0.3 is 0 Å². The van der Waals surface area contributed by atoms with E-state index >= 15 is 0 Å². The van der Waals surface area contributed by atoms with Gasteiger partial charge in [-0.1, -0.05) is 58.4 Å². The molecule has 0 atom stereocenters. The molecule has 0 saturated heterocycles. The minimum Gasteiger partial charge on any atom is -0.273 e. The van der Waals surface area contributed by atoms with Gasteiger partial charge in [0.25, 0.3) is 0 Å². The summed E-state index contributed by atoms with van der Waals surface area (Å²) in [5, 5.41) is 8.08. The maximum atomic E-state index is 11.9. The Kier molecular flexibility index (Phi) is 5.17. The predicted octanol–water partition coefficient (Wildman–Crippen LogP) is 4.96. The lowest BCUT2D eigenvalue weighted by Gasteiger charge is -2.10. The molecular weight excluding hydrogens is 386 g/mol. The summed E-state index contributed by atoms with van der Waals surface area (Å²) in [6.07, 6.45) is 1.65. The molecule has 3 aromatic rings. The van der Waals surface area contributed by atoms with E-state index in [0.717, 1.165) is 21.3 Å². The van der Waals surface area contributed by atoms with E-state index < -0.39 is 0 Å². The van der Waals surface area contributed by atoms with E-state index in [-0.39, 0.29) is 5.91 Å². The van der Waals surface area contributed by atoms with Crippen LogP contribution in [0.1, 0.15) is 12.5 Å². The average molecular weight is 400 g/mol. The Morgan fingerprint density at radius 2 is 1.88 bits per heavy atom. The van der Waals surface area contributed by atoms with E-state index in [9.17, 15) is 4.79 Å². The van der Waals surface area contributed by atoms with E-state index in [2.05, 4.69) is 26.0 Å². The van der Waals surface area contributed by atoms with E-state index in [1.54, 1.807) is 6.21 Å². The van der Waals surface area contributed by atoms with Crippen molar-refractivity contribution in [3.8, 4) is 11.3 Å². The molecule has 0 aliphatic rings. The van der Waals surface area contributed by atoms with Gasteiger partial charge < -0.3 is 0 Å². The smallest absolute Gasteiger partial charge is 0.246 e. The van der Waals surface area contributed by atoms with Crippen molar-refractivity contribution in [3.63, 3.8) is 0 Å². The van der Waals surface area contributed by atoms with Crippen LogP contribution in [-0.4, -0.2) is 17.1 Å². The maximum Gasteiger partial charge on any atom is 0.246 e. The zero-order chi connectivity index (χ0) is 16.9. The summed E-state index contributed by atoms with van der Waals surface area (Å²) in [5.74, 6) is -0.182. The Bertz CT molecular complexity index is 859. The topological polar surface area (TPSA) is 45.6 Å². The van der Waals surface area contributed by atoms with E-state index in [0.29, 0.717) is 5.13 Å². The lowest BCUT2D eigenvalue weighted by Crippen LogP contribution is -2.22. The molecule has 0 unspecified atom stereocenters. The first-order chi connectivity index (χ1) is 11.6. The summed E-state index contributed by atoms with van der Waals surface area (Å²) in [6.45, 7) is 1.48. The third-order valence-electron chi connectivity index (χ3n) is 3.23. The van der Waals surface area contributed by atoms with Crippen molar-refractivity contribution in [2.75, 3.05) is 5.01 Å². The number of benzene rings is 2. The first-order valence-electron chi connectivity index (χ1n) is 7.24. The number of hydrazone groups is 1. The molecule has 120 valence electrons. The molecule has 4 nitrogen and oxygen atoms in total. The van der Waals surface area contributed by atoms with Crippen molar-refractivity contribution in [1.82, 2.24) is 4.98 Å². The number of thiazole rings is 1. The molecule has 1 heterocycles. The van der Waals surface area contributed by atoms with Gasteiger partial charge in [-0.15, -0.1) is 11.3 Å². The van der Waals surface area contributed by atoms with Crippen LogP contribution >= 0.6 is 27.3 Å². The number of nitrogens with zero attached hydrogens (tertiary/aromatic N) is 3. The second-order valence-corrected chi connectivity index (χ2v) is 6.76. The van der Waals surface area contributed by atoms with Crippen LogP contribution in [0.3, 0.4) is 0 Å². The van der Waals surface area contributed by atoms with Gasteiger partial charge in [-0.25, -0.2) is 4.98 Å². The number of hydrogen-bond acceptors (Lipinski definition) is 4. The molecule has 24 heavy (non-hydrogen) atoms. The third-order valence-corrected chi connectivity index (χ3v) is 4.58. The summed E-state index contributed by atoms with van der Waals surface area (Å²) < 4.78 is 1.01. The molecule has 6 heteroatoms. The second kappa shape index (κ2) is 7.51. The van der Waals surface area contributed by atoms with Crippen molar-refractivity contribution in [1.29, 1.82) is 0 Å². The van der Waals surface area contributed by atoms with Gasteiger partial charge in [0.1, 0.15) is 0 Å². The first-order valence-corrected chi connectivity index (χ1v) is 8.92. The number of amides is 1. The fourth-order valence-corrected chi connectivity index (χ4v) is 3.14. The van der Waals surface area contributed by atoms with E-state index in [1.807, 2.05) is 60.0 Å². The third kappa shape index (κ3) is 3.96. The highest BCUT2D eigenvalue weighted by Crippen LogP contribution is 2.28. The lowest BCUT2D eigenvalue weighted by molar-refractivity contribution is -0.116. The molecule has 0 aliphatic heterocycles. The van der Waals surface area contributed by atoms with Crippen LogP contribution < -0.4 is 5.01 Å². The minimum atomic E-state index is -0.182. The molecule has 1 aromatic heterocycles. The SMILES string of the molecule is CC(=O)N(/N=C/c1ccccc1)c1nc(-c2ccc(Br)cc2)cs1. The highest BCUT2D eigenvalue weighted by Gasteiger charge is 2.15. The Balaban J connectivity index is 1.86. The number of rotatable bonds is 4. The summed E-state index contributed by atoms with van der Waals surface area (Å²) in [4.78, 5) is 16.5. The van der Waals surface area contributed by atoms with Crippen LogP contribution in [0.25, 0.3) is 11.3 Å². The van der Waals surface area contributed by atoms with Crippen molar-refractivity contribution in [2.45, 2.75) is 6.92 Å². The zero-order valence-electron chi connectivity index (χ0n) is 12.9. The fourth-order valence-electron chi connectivity index (χ4n) is 2.04. The molecular formula is C18H14BrN3OS. The zero-order valence-corrected chi connectivity index (χ0v) is 15.3. The fraction of sp³-hybridized carbons (Fsp3) is 0.0556. The van der Waals surface area contributed by atoms with Crippen molar-refractivity contribution in [2.24, 2.45) is 5.10 Å². The maximum absolute atomic E-state index is 11.9. The van der Waals surface area contributed by atoms with Crippen LogP contribution in [0.4, 0.5) is 5.13 Å². The average Bonchev–Trinajstić information content (AvgIpc) is 3.06. The number of hydrogen-bond donors (Lipinski definition) is 0.